The number of ether oxygens (including phenoxy) is 1. The molecule has 1 aromatic heterocycles. The highest BCUT2D eigenvalue weighted by Crippen LogP contribution is 2.34. The smallest absolute Gasteiger partial charge is 0.128 e. The summed E-state index contributed by atoms with van der Waals surface area (Å²) in [7, 11) is 2.04. The van der Waals surface area contributed by atoms with Crippen molar-refractivity contribution in [3.05, 3.63) is 29.6 Å². The van der Waals surface area contributed by atoms with Crippen molar-refractivity contribution >= 4 is 21.4 Å². The van der Waals surface area contributed by atoms with Crippen molar-refractivity contribution in [1.82, 2.24) is 5.32 Å². The molecule has 1 aromatic carbocycles. The Morgan fingerprint density at radius 2 is 2.18 bits per heavy atom. The van der Waals surface area contributed by atoms with Gasteiger partial charge in [-0.25, -0.2) is 0 Å². The van der Waals surface area contributed by atoms with Crippen LogP contribution in [0.5, 0.6) is 5.75 Å². The van der Waals surface area contributed by atoms with Crippen LogP contribution in [0.4, 0.5) is 0 Å². The van der Waals surface area contributed by atoms with E-state index >= 15 is 0 Å². The van der Waals surface area contributed by atoms with Gasteiger partial charge in [0, 0.05) is 10.1 Å². The first-order chi connectivity index (χ1) is 10.9. The summed E-state index contributed by atoms with van der Waals surface area (Å²) in [6.45, 7) is 1.15. The second-order valence-corrected chi connectivity index (χ2v) is 7.41. The molecule has 3 rings (SSSR count). The van der Waals surface area contributed by atoms with E-state index in [1.807, 2.05) is 7.05 Å². The van der Waals surface area contributed by atoms with Crippen LogP contribution in [0.3, 0.4) is 0 Å². The summed E-state index contributed by atoms with van der Waals surface area (Å²) in [6.07, 6.45) is 9.58. The fourth-order valence-corrected chi connectivity index (χ4v) is 4.40. The van der Waals surface area contributed by atoms with E-state index < -0.39 is 0 Å². The second kappa shape index (κ2) is 7.98. The van der Waals surface area contributed by atoms with E-state index in [9.17, 15) is 0 Å². The molecule has 2 atom stereocenters. The molecule has 2 unspecified atom stereocenters. The third-order valence-corrected chi connectivity index (χ3v) is 5.66. The van der Waals surface area contributed by atoms with Crippen LogP contribution >= 0.6 is 11.3 Å². The topological polar surface area (TPSA) is 21.3 Å². The van der Waals surface area contributed by atoms with Gasteiger partial charge in [-0.1, -0.05) is 25.3 Å². The maximum absolute atomic E-state index is 6.38. The number of thiophene rings is 1. The summed E-state index contributed by atoms with van der Waals surface area (Å²) in [5, 5.41) is 6.67. The zero-order valence-electron chi connectivity index (χ0n) is 13.5. The number of hydrogen-bond acceptors (Lipinski definition) is 3. The van der Waals surface area contributed by atoms with Gasteiger partial charge < -0.3 is 10.1 Å². The second-order valence-electron chi connectivity index (χ2n) is 6.46. The lowest BCUT2D eigenvalue weighted by Gasteiger charge is -2.30. The van der Waals surface area contributed by atoms with Crippen molar-refractivity contribution in [2.75, 3.05) is 13.6 Å². The molecule has 1 N–H and O–H groups in total. The van der Waals surface area contributed by atoms with Gasteiger partial charge in [0.05, 0.1) is 6.10 Å². The fourth-order valence-electron chi connectivity index (χ4n) is 3.59. The molecule has 2 aromatic rings. The average Bonchev–Trinajstić information content (AvgIpc) is 3.02. The minimum Gasteiger partial charge on any atom is -0.490 e. The lowest BCUT2D eigenvalue weighted by molar-refractivity contribution is 0.121. The molecule has 1 heterocycles. The molecular weight excluding hydrogens is 290 g/mol. The molecule has 0 bridgehead atoms. The van der Waals surface area contributed by atoms with Gasteiger partial charge >= 0.3 is 0 Å². The van der Waals surface area contributed by atoms with Gasteiger partial charge in [0.2, 0.25) is 0 Å². The SMILES string of the molecule is CNCCCCC1CCCC(Oc2cccc3sccc23)C1. The van der Waals surface area contributed by atoms with Crippen molar-refractivity contribution in [3.8, 4) is 5.75 Å². The Balaban J connectivity index is 1.55. The Kier molecular flexibility index (Phi) is 5.74. The molecule has 1 aliphatic rings. The first kappa shape index (κ1) is 15.8. The van der Waals surface area contributed by atoms with Crippen LogP contribution in [0.1, 0.15) is 44.9 Å². The molecule has 0 amide bonds. The molecule has 1 aliphatic carbocycles. The Labute approximate surface area is 137 Å². The molecule has 0 spiro atoms. The van der Waals surface area contributed by atoms with E-state index in [0.29, 0.717) is 6.10 Å². The standard InChI is InChI=1S/C19H27NOS/c1-20-12-3-2-6-15-7-4-8-16(14-15)21-18-9-5-10-19-17(18)11-13-22-19/h5,9-11,13,15-16,20H,2-4,6-8,12,14H2,1H3. The Hall–Kier alpha value is -1.06. The Morgan fingerprint density at radius 3 is 3.09 bits per heavy atom. The number of fused-ring (bicyclic) bond motifs is 1. The van der Waals surface area contributed by atoms with Crippen molar-refractivity contribution in [2.24, 2.45) is 5.92 Å². The highest BCUT2D eigenvalue weighted by molar-refractivity contribution is 7.17. The van der Waals surface area contributed by atoms with Crippen LogP contribution in [0.25, 0.3) is 10.1 Å². The van der Waals surface area contributed by atoms with E-state index in [1.165, 1.54) is 55.0 Å². The van der Waals surface area contributed by atoms with Gasteiger partial charge in [-0.3, -0.25) is 0 Å². The predicted octanol–water partition coefficient (Wildman–Crippen LogP) is 5.23. The lowest BCUT2D eigenvalue weighted by Crippen LogP contribution is -2.25. The van der Waals surface area contributed by atoms with Gasteiger partial charge in [-0.05, 0) is 68.8 Å². The normalized spacial score (nSPS) is 22.0. The highest BCUT2D eigenvalue weighted by atomic mass is 32.1. The van der Waals surface area contributed by atoms with E-state index in [4.69, 9.17) is 4.74 Å². The highest BCUT2D eigenvalue weighted by Gasteiger charge is 2.23. The lowest BCUT2D eigenvalue weighted by atomic mass is 9.84. The van der Waals surface area contributed by atoms with Crippen molar-refractivity contribution in [2.45, 2.75) is 51.0 Å². The molecular formula is C19H27NOS. The quantitative estimate of drug-likeness (QED) is 0.706. The molecule has 0 radical (unpaired) electrons. The van der Waals surface area contributed by atoms with Crippen LogP contribution in [-0.2, 0) is 0 Å². The summed E-state index contributed by atoms with van der Waals surface area (Å²) < 4.78 is 7.71. The molecule has 120 valence electrons. The van der Waals surface area contributed by atoms with Gasteiger partial charge in [0.15, 0.2) is 0 Å². The van der Waals surface area contributed by atoms with Crippen LogP contribution in [0.15, 0.2) is 29.6 Å². The summed E-state index contributed by atoms with van der Waals surface area (Å²) in [5.74, 6) is 1.94. The first-order valence-corrected chi connectivity index (χ1v) is 9.52. The average molecular weight is 317 g/mol. The van der Waals surface area contributed by atoms with Crippen LogP contribution in [-0.4, -0.2) is 19.7 Å². The minimum atomic E-state index is 0.411. The van der Waals surface area contributed by atoms with E-state index in [-0.39, 0.29) is 0 Å². The van der Waals surface area contributed by atoms with Gasteiger partial charge in [-0.2, -0.15) is 0 Å². The molecule has 22 heavy (non-hydrogen) atoms. The Morgan fingerprint density at radius 1 is 1.23 bits per heavy atom. The van der Waals surface area contributed by atoms with Gasteiger partial charge in [0.1, 0.15) is 5.75 Å². The van der Waals surface area contributed by atoms with E-state index in [1.54, 1.807) is 11.3 Å². The number of hydrogen-bond donors (Lipinski definition) is 1. The van der Waals surface area contributed by atoms with E-state index in [0.717, 1.165) is 18.2 Å². The zero-order chi connectivity index (χ0) is 15.2. The third-order valence-electron chi connectivity index (χ3n) is 4.77. The van der Waals surface area contributed by atoms with Gasteiger partial charge in [0.25, 0.3) is 0 Å². The van der Waals surface area contributed by atoms with Crippen molar-refractivity contribution in [3.63, 3.8) is 0 Å². The largest absolute Gasteiger partial charge is 0.490 e. The summed E-state index contributed by atoms with van der Waals surface area (Å²) in [5.41, 5.74) is 0. The Bertz CT molecular complexity index is 580. The van der Waals surface area contributed by atoms with Crippen molar-refractivity contribution in [1.29, 1.82) is 0 Å². The van der Waals surface area contributed by atoms with Crippen LogP contribution in [0, 0.1) is 5.92 Å². The molecule has 1 saturated carbocycles. The maximum atomic E-state index is 6.38. The number of benzene rings is 1. The van der Waals surface area contributed by atoms with Crippen LogP contribution in [0.2, 0.25) is 0 Å². The molecule has 0 aliphatic heterocycles. The molecule has 3 heteroatoms. The van der Waals surface area contributed by atoms with Crippen LogP contribution < -0.4 is 10.1 Å². The fraction of sp³-hybridized carbons (Fsp3) is 0.579. The summed E-state index contributed by atoms with van der Waals surface area (Å²) in [4.78, 5) is 0. The van der Waals surface area contributed by atoms with Crippen molar-refractivity contribution < 1.29 is 4.74 Å². The first-order valence-electron chi connectivity index (χ1n) is 8.64. The predicted molar refractivity (Wildman–Crippen MR) is 96.0 cm³/mol. The maximum Gasteiger partial charge on any atom is 0.128 e. The number of nitrogens with one attached hydrogen (secondary N) is 1. The molecule has 2 nitrogen and oxygen atoms in total. The third kappa shape index (κ3) is 4.02. The number of rotatable bonds is 7. The molecule has 0 saturated heterocycles. The molecule has 1 fully saturated rings. The minimum absolute atomic E-state index is 0.411. The van der Waals surface area contributed by atoms with Gasteiger partial charge in [-0.15, -0.1) is 11.3 Å². The zero-order valence-corrected chi connectivity index (χ0v) is 14.3. The summed E-state index contributed by atoms with van der Waals surface area (Å²) in [6, 6.07) is 8.61. The van der Waals surface area contributed by atoms with E-state index in [2.05, 4.69) is 35.0 Å². The monoisotopic (exact) mass is 317 g/mol. The summed E-state index contributed by atoms with van der Waals surface area (Å²) >= 11 is 1.79. The number of unbranched alkanes of at least 4 members (excludes halogenated alkanes) is 1.